The quantitative estimate of drug-likeness (QED) is 0.731. The topological polar surface area (TPSA) is 17.9 Å². The number of alkyl halides is 3. The molecule has 0 atom stereocenters. The van der Waals surface area contributed by atoms with Crippen LogP contribution >= 0.6 is 0 Å². The van der Waals surface area contributed by atoms with Crippen LogP contribution in [0, 0.1) is 0 Å². The van der Waals surface area contributed by atoms with E-state index < -0.39 is 11.7 Å². The molecule has 0 amide bonds. The molecule has 2 rings (SSSR count). The molecule has 1 aromatic carbocycles. The molecular weight excluding hydrogens is 217 g/mol. The molecule has 5 heteroatoms. The van der Waals surface area contributed by atoms with Gasteiger partial charge in [-0.3, -0.25) is 0 Å². The van der Waals surface area contributed by atoms with Gasteiger partial charge in [0.05, 0.1) is 18.7 Å². The van der Waals surface area contributed by atoms with Crippen molar-refractivity contribution in [1.82, 2.24) is 10.2 Å². The standard InChI is InChI=1S/C11H13F3N2/c12-11(13,14)9-1-3-10(4-2-9)16-7-5-15-6-8-16/h1-4,15H,5-8H2/q+1. The summed E-state index contributed by atoms with van der Waals surface area (Å²) in [5.74, 6) is 0. The predicted octanol–water partition coefficient (Wildman–Crippen LogP) is 2.08. The summed E-state index contributed by atoms with van der Waals surface area (Å²) in [4.78, 5) is 2.08. The van der Waals surface area contributed by atoms with Crippen LogP contribution in [0.1, 0.15) is 5.56 Å². The first-order valence-corrected chi connectivity index (χ1v) is 5.20. The van der Waals surface area contributed by atoms with Crippen molar-refractivity contribution in [2.75, 3.05) is 26.2 Å². The molecule has 0 aliphatic carbocycles. The van der Waals surface area contributed by atoms with E-state index in [9.17, 15) is 13.2 Å². The zero-order chi connectivity index (χ0) is 11.6. The SMILES string of the molecule is FC(F)(F)c1ccc([N+]2CCNCC2)cc1. The minimum absolute atomic E-state index is 0.591. The van der Waals surface area contributed by atoms with E-state index in [1.807, 2.05) is 0 Å². The summed E-state index contributed by atoms with van der Waals surface area (Å²) in [7, 11) is 0. The van der Waals surface area contributed by atoms with Crippen molar-refractivity contribution < 1.29 is 13.2 Å². The van der Waals surface area contributed by atoms with Crippen molar-refractivity contribution >= 4 is 5.69 Å². The number of hydrogen-bond donors (Lipinski definition) is 1. The molecule has 1 saturated heterocycles. The summed E-state index contributed by atoms with van der Waals surface area (Å²) in [6.07, 6.45) is -4.25. The van der Waals surface area contributed by atoms with Crippen LogP contribution < -0.4 is 10.2 Å². The number of rotatable bonds is 1. The van der Waals surface area contributed by atoms with Gasteiger partial charge in [-0.2, -0.15) is 13.2 Å². The van der Waals surface area contributed by atoms with Crippen LogP contribution in [0.25, 0.3) is 0 Å². The van der Waals surface area contributed by atoms with E-state index in [0.29, 0.717) is 0 Å². The largest absolute Gasteiger partial charge is 0.416 e. The van der Waals surface area contributed by atoms with Crippen LogP contribution in [0.5, 0.6) is 0 Å². The molecule has 2 nitrogen and oxygen atoms in total. The van der Waals surface area contributed by atoms with Gasteiger partial charge in [0.15, 0.2) is 5.69 Å². The number of nitrogens with zero attached hydrogens (tertiary/aromatic N) is 1. The van der Waals surface area contributed by atoms with Gasteiger partial charge in [-0.25, -0.2) is 0 Å². The number of anilines is 1. The molecule has 0 bridgehead atoms. The normalized spacial score (nSPS) is 18.7. The minimum Gasteiger partial charge on any atom is -0.306 e. The van der Waals surface area contributed by atoms with Gasteiger partial charge in [0.25, 0.3) is 0 Å². The minimum atomic E-state index is -4.25. The molecule has 87 valence electrons. The van der Waals surface area contributed by atoms with Crippen LogP contribution in [0.2, 0.25) is 0 Å². The molecule has 1 aliphatic rings. The maximum atomic E-state index is 12.3. The Balaban J connectivity index is 2.12. The summed E-state index contributed by atoms with van der Waals surface area (Å²) in [5, 5.41) is 3.20. The highest BCUT2D eigenvalue weighted by atomic mass is 19.4. The highest BCUT2D eigenvalue weighted by Gasteiger charge is 2.31. The van der Waals surface area contributed by atoms with Crippen molar-refractivity contribution in [1.29, 1.82) is 0 Å². The summed E-state index contributed by atoms with van der Waals surface area (Å²) in [5.41, 5.74) is 0.265. The van der Waals surface area contributed by atoms with Gasteiger partial charge < -0.3 is 5.32 Å². The first-order valence-electron chi connectivity index (χ1n) is 5.20. The Morgan fingerprint density at radius 1 is 1.00 bits per heavy atom. The van der Waals surface area contributed by atoms with Crippen molar-refractivity contribution in [3.05, 3.63) is 29.8 Å². The molecule has 1 aromatic rings. The van der Waals surface area contributed by atoms with Gasteiger partial charge in [-0.15, -0.1) is 4.90 Å². The Bertz CT molecular complexity index is 339. The number of halogens is 3. The van der Waals surface area contributed by atoms with Gasteiger partial charge >= 0.3 is 6.18 Å². The lowest BCUT2D eigenvalue weighted by Crippen LogP contribution is -2.44. The van der Waals surface area contributed by atoms with Gasteiger partial charge in [0.2, 0.25) is 0 Å². The summed E-state index contributed by atoms with van der Waals surface area (Å²) in [6, 6.07) is 5.34. The summed E-state index contributed by atoms with van der Waals surface area (Å²) >= 11 is 0. The fourth-order valence-electron chi connectivity index (χ4n) is 1.78. The molecule has 1 N–H and O–H groups in total. The van der Waals surface area contributed by atoms with Crippen LogP contribution in [-0.4, -0.2) is 26.2 Å². The second-order valence-electron chi connectivity index (χ2n) is 3.78. The number of benzene rings is 1. The Morgan fingerprint density at radius 3 is 2.06 bits per heavy atom. The summed E-state index contributed by atoms with van der Waals surface area (Å²) < 4.78 is 37.0. The van der Waals surface area contributed by atoms with Crippen LogP contribution in [0.4, 0.5) is 18.9 Å². The number of hydrogen-bond acceptors (Lipinski definition) is 2. The monoisotopic (exact) mass is 230 g/mol. The van der Waals surface area contributed by atoms with Crippen molar-refractivity contribution in [2.24, 2.45) is 0 Å². The van der Waals surface area contributed by atoms with Crippen LogP contribution in [0.15, 0.2) is 24.3 Å². The van der Waals surface area contributed by atoms with E-state index in [0.717, 1.165) is 44.0 Å². The van der Waals surface area contributed by atoms with Gasteiger partial charge in [0, 0.05) is 12.1 Å². The first kappa shape index (κ1) is 11.4. The fourth-order valence-corrected chi connectivity index (χ4v) is 1.78. The Hall–Kier alpha value is -1.07. The second-order valence-corrected chi connectivity index (χ2v) is 3.78. The first-order chi connectivity index (χ1) is 7.57. The number of piperazine rings is 1. The molecule has 1 aliphatic heterocycles. The Morgan fingerprint density at radius 2 is 1.56 bits per heavy atom. The van der Waals surface area contributed by atoms with Gasteiger partial charge in [-0.05, 0) is 12.1 Å². The lowest BCUT2D eigenvalue weighted by Gasteiger charge is -2.17. The zero-order valence-corrected chi connectivity index (χ0v) is 8.72. The molecule has 16 heavy (non-hydrogen) atoms. The third-order valence-corrected chi connectivity index (χ3v) is 2.68. The zero-order valence-electron chi connectivity index (χ0n) is 8.72. The molecular formula is C11H13F3N2+. The fraction of sp³-hybridized carbons (Fsp3) is 0.455. The van der Waals surface area contributed by atoms with Gasteiger partial charge in [-0.1, -0.05) is 0 Å². The lowest BCUT2D eigenvalue weighted by atomic mass is 10.2. The molecule has 0 aromatic heterocycles. The molecule has 0 spiro atoms. The molecule has 1 heterocycles. The van der Waals surface area contributed by atoms with E-state index in [-0.39, 0.29) is 0 Å². The van der Waals surface area contributed by atoms with E-state index in [4.69, 9.17) is 0 Å². The Labute approximate surface area is 92.1 Å². The molecule has 0 unspecified atom stereocenters. The third kappa shape index (κ3) is 2.54. The number of nitrogens with one attached hydrogen (secondary N) is 1. The molecule has 0 saturated carbocycles. The van der Waals surface area contributed by atoms with Crippen molar-refractivity contribution in [2.45, 2.75) is 6.18 Å². The molecule has 1 fully saturated rings. The maximum Gasteiger partial charge on any atom is 0.416 e. The predicted molar refractivity (Wildman–Crippen MR) is 55.8 cm³/mol. The average molecular weight is 230 g/mol. The van der Waals surface area contributed by atoms with Crippen LogP contribution in [0.3, 0.4) is 0 Å². The highest BCUT2D eigenvalue weighted by Crippen LogP contribution is 2.30. The maximum absolute atomic E-state index is 12.3. The lowest BCUT2D eigenvalue weighted by molar-refractivity contribution is -0.137. The van der Waals surface area contributed by atoms with E-state index >= 15 is 0 Å². The van der Waals surface area contributed by atoms with Crippen molar-refractivity contribution in [3.63, 3.8) is 0 Å². The third-order valence-electron chi connectivity index (χ3n) is 2.68. The van der Waals surface area contributed by atoms with Gasteiger partial charge in [0.1, 0.15) is 13.1 Å². The summed E-state index contributed by atoms with van der Waals surface area (Å²) in [6.45, 7) is 3.43. The average Bonchev–Trinajstić information content (AvgIpc) is 2.29. The Kier molecular flexibility index (Phi) is 3.16. The second kappa shape index (κ2) is 4.43. The molecule has 1 radical (unpaired) electrons. The van der Waals surface area contributed by atoms with E-state index in [1.165, 1.54) is 12.1 Å². The highest BCUT2D eigenvalue weighted by molar-refractivity contribution is 5.41. The van der Waals surface area contributed by atoms with E-state index in [2.05, 4.69) is 10.2 Å². The van der Waals surface area contributed by atoms with E-state index in [1.54, 1.807) is 0 Å². The van der Waals surface area contributed by atoms with Crippen molar-refractivity contribution in [3.8, 4) is 0 Å². The smallest absolute Gasteiger partial charge is 0.306 e. The van der Waals surface area contributed by atoms with Crippen LogP contribution in [-0.2, 0) is 6.18 Å².